The van der Waals surface area contributed by atoms with Gasteiger partial charge in [0.25, 0.3) is 5.91 Å². The minimum absolute atomic E-state index is 0.0269. The number of ether oxygens (including phenoxy) is 3. The Balaban J connectivity index is 1.74. The lowest BCUT2D eigenvalue weighted by molar-refractivity contribution is -0.123. The quantitative estimate of drug-likeness (QED) is 0.808. The monoisotopic (exact) mass is 329 g/mol. The summed E-state index contributed by atoms with van der Waals surface area (Å²) < 4.78 is 16.1. The predicted octanol–water partition coefficient (Wildman–Crippen LogP) is 3.18. The van der Waals surface area contributed by atoms with E-state index in [1.807, 2.05) is 38.1 Å². The number of rotatable bonds is 8. The zero-order chi connectivity index (χ0) is 17.4. The minimum Gasteiger partial charge on any atom is -0.497 e. The lowest BCUT2D eigenvalue weighted by atomic mass is 10.2. The molecule has 0 atom stereocenters. The van der Waals surface area contributed by atoms with E-state index in [1.165, 1.54) is 0 Å². The van der Waals surface area contributed by atoms with Gasteiger partial charge in [0.15, 0.2) is 6.61 Å². The summed E-state index contributed by atoms with van der Waals surface area (Å²) in [4.78, 5) is 11.8. The molecule has 0 heterocycles. The van der Waals surface area contributed by atoms with Gasteiger partial charge in [-0.1, -0.05) is 12.1 Å². The highest BCUT2D eigenvalue weighted by atomic mass is 16.5. The van der Waals surface area contributed by atoms with Gasteiger partial charge < -0.3 is 19.5 Å². The molecule has 0 aromatic heterocycles. The SMILES string of the molecule is COc1ccc(OCC(=O)NCc2ccc(OC(C)C)cc2)cc1. The first kappa shape index (κ1) is 17.7. The molecule has 0 aliphatic carbocycles. The molecule has 5 nitrogen and oxygen atoms in total. The molecule has 0 unspecified atom stereocenters. The Labute approximate surface area is 142 Å². The van der Waals surface area contributed by atoms with Crippen LogP contribution in [-0.2, 0) is 11.3 Å². The van der Waals surface area contributed by atoms with Crippen LogP contribution >= 0.6 is 0 Å². The van der Waals surface area contributed by atoms with Gasteiger partial charge in [0.1, 0.15) is 17.2 Å². The van der Waals surface area contributed by atoms with E-state index in [-0.39, 0.29) is 18.6 Å². The summed E-state index contributed by atoms with van der Waals surface area (Å²) in [7, 11) is 1.60. The molecule has 0 bridgehead atoms. The van der Waals surface area contributed by atoms with Crippen molar-refractivity contribution >= 4 is 5.91 Å². The number of carbonyl (C=O) groups is 1. The standard InChI is InChI=1S/C19H23NO4/c1-14(2)24-18-6-4-15(5-7-18)12-20-19(21)13-23-17-10-8-16(22-3)9-11-17/h4-11,14H,12-13H2,1-3H3,(H,20,21). The van der Waals surface area contributed by atoms with Gasteiger partial charge in [-0.05, 0) is 55.8 Å². The normalized spacial score (nSPS) is 10.3. The first-order valence-corrected chi connectivity index (χ1v) is 7.86. The molecule has 1 amide bonds. The molecule has 5 heteroatoms. The molecular weight excluding hydrogens is 306 g/mol. The summed E-state index contributed by atoms with van der Waals surface area (Å²) in [5.74, 6) is 2.02. The maximum atomic E-state index is 11.8. The Kier molecular flexibility index (Phi) is 6.49. The third-order valence-corrected chi connectivity index (χ3v) is 3.21. The smallest absolute Gasteiger partial charge is 0.258 e. The highest BCUT2D eigenvalue weighted by Crippen LogP contribution is 2.17. The van der Waals surface area contributed by atoms with Crippen molar-refractivity contribution < 1.29 is 19.0 Å². The van der Waals surface area contributed by atoms with E-state index in [1.54, 1.807) is 31.4 Å². The molecule has 0 saturated carbocycles. The van der Waals surface area contributed by atoms with Gasteiger partial charge in [-0.2, -0.15) is 0 Å². The second-order valence-electron chi connectivity index (χ2n) is 5.55. The Hall–Kier alpha value is -2.69. The van der Waals surface area contributed by atoms with E-state index >= 15 is 0 Å². The van der Waals surface area contributed by atoms with Crippen LogP contribution < -0.4 is 19.5 Å². The van der Waals surface area contributed by atoms with Crippen molar-refractivity contribution in [2.24, 2.45) is 0 Å². The number of amides is 1. The second-order valence-corrected chi connectivity index (χ2v) is 5.55. The van der Waals surface area contributed by atoms with E-state index < -0.39 is 0 Å². The first-order chi connectivity index (χ1) is 11.6. The molecule has 2 aromatic rings. The van der Waals surface area contributed by atoms with Crippen molar-refractivity contribution in [1.82, 2.24) is 5.32 Å². The number of hydrogen-bond acceptors (Lipinski definition) is 4. The van der Waals surface area contributed by atoms with E-state index in [0.29, 0.717) is 12.3 Å². The molecule has 24 heavy (non-hydrogen) atoms. The molecule has 0 radical (unpaired) electrons. The van der Waals surface area contributed by atoms with Crippen LogP contribution in [0, 0.1) is 0 Å². The third kappa shape index (κ3) is 5.83. The lowest BCUT2D eigenvalue weighted by Crippen LogP contribution is -2.28. The fraction of sp³-hybridized carbons (Fsp3) is 0.316. The average molecular weight is 329 g/mol. The van der Waals surface area contributed by atoms with E-state index in [4.69, 9.17) is 14.2 Å². The molecule has 1 N–H and O–H groups in total. The summed E-state index contributed by atoms with van der Waals surface area (Å²) in [6, 6.07) is 14.8. The van der Waals surface area contributed by atoms with Crippen LogP contribution in [0.1, 0.15) is 19.4 Å². The van der Waals surface area contributed by atoms with Crippen molar-refractivity contribution in [3.8, 4) is 17.2 Å². The largest absolute Gasteiger partial charge is 0.497 e. The molecule has 0 fully saturated rings. The van der Waals surface area contributed by atoms with Crippen molar-refractivity contribution in [3.05, 3.63) is 54.1 Å². The lowest BCUT2D eigenvalue weighted by Gasteiger charge is -2.11. The van der Waals surface area contributed by atoms with Crippen molar-refractivity contribution in [2.75, 3.05) is 13.7 Å². The van der Waals surface area contributed by atoms with Gasteiger partial charge in [-0.3, -0.25) is 4.79 Å². The van der Waals surface area contributed by atoms with Crippen LogP contribution in [0.5, 0.6) is 17.2 Å². The highest BCUT2D eigenvalue weighted by Gasteiger charge is 2.04. The zero-order valence-electron chi connectivity index (χ0n) is 14.2. The summed E-state index contributed by atoms with van der Waals surface area (Å²) in [5.41, 5.74) is 1.00. The Morgan fingerprint density at radius 2 is 1.54 bits per heavy atom. The fourth-order valence-corrected chi connectivity index (χ4v) is 2.03. The molecule has 0 aliphatic heterocycles. The second kappa shape index (κ2) is 8.82. The summed E-state index contributed by atoms with van der Waals surface area (Å²) in [6.07, 6.45) is 0.144. The zero-order valence-corrected chi connectivity index (χ0v) is 14.2. The summed E-state index contributed by atoms with van der Waals surface area (Å²) >= 11 is 0. The Bertz CT molecular complexity index is 635. The summed E-state index contributed by atoms with van der Waals surface area (Å²) in [6.45, 7) is 4.39. The summed E-state index contributed by atoms with van der Waals surface area (Å²) in [5, 5.41) is 2.82. The molecule has 0 saturated heterocycles. The third-order valence-electron chi connectivity index (χ3n) is 3.21. The van der Waals surface area contributed by atoms with Crippen LogP contribution in [-0.4, -0.2) is 25.7 Å². The Morgan fingerprint density at radius 1 is 0.958 bits per heavy atom. The molecule has 2 rings (SSSR count). The maximum Gasteiger partial charge on any atom is 0.258 e. The van der Waals surface area contributed by atoms with Gasteiger partial charge in [0.05, 0.1) is 13.2 Å². The van der Waals surface area contributed by atoms with Crippen molar-refractivity contribution in [3.63, 3.8) is 0 Å². The number of benzene rings is 2. The number of nitrogens with one attached hydrogen (secondary N) is 1. The molecule has 0 spiro atoms. The van der Waals surface area contributed by atoms with Gasteiger partial charge >= 0.3 is 0 Å². The van der Waals surface area contributed by atoms with E-state index in [2.05, 4.69) is 5.32 Å². The number of methoxy groups -OCH3 is 1. The van der Waals surface area contributed by atoms with Crippen molar-refractivity contribution in [1.29, 1.82) is 0 Å². The van der Waals surface area contributed by atoms with Crippen LogP contribution in [0.3, 0.4) is 0 Å². The molecular formula is C19H23NO4. The van der Waals surface area contributed by atoms with Crippen molar-refractivity contribution in [2.45, 2.75) is 26.5 Å². The fourth-order valence-electron chi connectivity index (χ4n) is 2.03. The van der Waals surface area contributed by atoms with Gasteiger partial charge in [0.2, 0.25) is 0 Å². The topological polar surface area (TPSA) is 56.8 Å². The van der Waals surface area contributed by atoms with Gasteiger partial charge in [-0.15, -0.1) is 0 Å². The van der Waals surface area contributed by atoms with E-state index in [0.717, 1.165) is 17.1 Å². The maximum absolute atomic E-state index is 11.8. The first-order valence-electron chi connectivity index (χ1n) is 7.86. The minimum atomic E-state index is -0.173. The van der Waals surface area contributed by atoms with Crippen LogP contribution in [0.2, 0.25) is 0 Å². The molecule has 0 aliphatic rings. The predicted molar refractivity (Wildman–Crippen MR) is 92.5 cm³/mol. The highest BCUT2D eigenvalue weighted by molar-refractivity contribution is 5.77. The molecule has 128 valence electrons. The average Bonchev–Trinajstić information content (AvgIpc) is 2.59. The van der Waals surface area contributed by atoms with Gasteiger partial charge in [0, 0.05) is 6.54 Å². The molecule has 2 aromatic carbocycles. The van der Waals surface area contributed by atoms with Crippen LogP contribution in [0.15, 0.2) is 48.5 Å². The van der Waals surface area contributed by atoms with Crippen LogP contribution in [0.4, 0.5) is 0 Å². The van der Waals surface area contributed by atoms with Crippen LogP contribution in [0.25, 0.3) is 0 Å². The number of carbonyl (C=O) groups excluding carboxylic acids is 1. The van der Waals surface area contributed by atoms with E-state index in [9.17, 15) is 4.79 Å². The number of hydrogen-bond donors (Lipinski definition) is 1. The Morgan fingerprint density at radius 3 is 2.12 bits per heavy atom. The van der Waals surface area contributed by atoms with Gasteiger partial charge in [-0.25, -0.2) is 0 Å².